The Kier molecular flexibility index (Phi) is 6.44. The normalized spacial score (nSPS) is 20.8. The first-order chi connectivity index (χ1) is 14.6. The summed E-state index contributed by atoms with van der Waals surface area (Å²) in [5.41, 5.74) is 2.49. The molecule has 0 bridgehead atoms. The van der Waals surface area contributed by atoms with Gasteiger partial charge in [-0.2, -0.15) is 4.98 Å². The second-order valence-electron chi connectivity index (χ2n) is 7.88. The summed E-state index contributed by atoms with van der Waals surface area (Å²) in [6.45, 7) is 9.82. The highest BCUT2D eigenvalue weighted by Gasteiger charge is 2.34. The Bertz CT molecular complexity index is 853. The van der Waals surface area contributed by atoms with Crippen LogP contribution in [0.4, 0.5) is 16.6 Å². The van der Waals surface area contributed by atoms with Crippen LogP contribution >= 0.6 is 0 Å². The number of anilines is 2. The fraction of sp³-hybridized carbons (Fsp3) is 0.500. The fourth-order valence-electron chi connectivity index (χ4n) is 3.91. The van der Waals surface area contributed by atoms with Crippen LogP contribution in [-0.4, -0.2) is 59.8 Å². The Morgan fingerprint density at radius 2 is 2.00 bits per heavy atom. The molecule has 0 spiro atoms. The predicted molar refractivity (Wildman–Crippen MR) is 117 cm³/mol. The molecule has 0 aliphatic carbocycles. The minimum Gasteiger partial charge on any atom is -0.447 e. The number of nitrogens with one attached hydrogen (secondary N) is 2. The van der Waals surface area contributed by atoms with Gasteiger partial charge in [0.1, 0.15) is 12.4 Å². The van der Waals surface area contributed by atoms with Crippen molar-refractivity contribution in [1.29, 1.82) is 0 Å². The van der Waals surface area contributed by atoms with E-state index in [0.29, 0.717) is 18.4 Å². The summed E-state index contributed by atoms with van der Waals surface area (Å²) >= 11 is 0. The molecule has 30 heavy (non-hydrogen) atoms. The number of hydrogen-bond acceptors (Lipinski definition) is 7. The molecule has 2 aromatic rings. The fourth-order valence-corrected chi connectivity index (χ4v) is 3.91. The quantitative estimate of drug-likeness (QED) is 0.726. The molecular weight excluding hydrogens is 380 g/mol. The topological polar surface area (TPSA) is 82.6 Å². The summed E-state index contributed by atoms with van der Waals surface area (Å²) in [7, 11) is 0. The van der Waals surface area contributed by atoms with Gasteiger partial charge in [-0.05, 0) is 30.5 Å². The molecular formula is C22H30N6O2. The van der Waals surface area contributed by atoms with Gasteiger partial charge in [0.15, 0.2) is 0 Å². The van der Waals surface area contributed by atoms with Crippen molar-refractivity contribution >= 4 is 17.9 Å². The molecule has 8 heteroatoms. The lowest BCUT2D eigenvalue weighted by Crippen LogP contribution is -2.42. The summed E-state index contributed by atoms with van der Waals surface area (Å²) in [5, 5.41) is 6.74. The summed E-state index contributed by atoms with van der Waals surface area (Å²) in [6.07, 6.45) is 2.14. The molecule has 2 N–H and O–H groups in total. The highest BCUT2D eigenvalue weighted by Crippen LogP contribution is 2.24. The van der Waals surface area contributed by atoms with Crippen molar-refractivity contribution in [2.45, 2.75) is 38.9 Å². The lowest BCUT2D eigenvalue weighted by atomic mass is 10.1. The van der Waals surface area contributed by atoms with Gasteiger partial charge in [-0.15, -0.1) is 0 Å². The lowest BCUT2D eigenvalue weighted by Gasteiger charge is -2.27. The number of carbonyl (C=O) groups is 1. The molecule has 1 amide bonds. The van der Waals surface area contributed by atoms with Crippen LogP contribution in [-0.2, 0) is 11.3 Å². The molecule has 2 saturated heterocycles. The number of piperazine rings is 1. The van der Waals surface area contributed by atoms with Crippen LogP contribution in [0.15, 0.2) is 36.5 Å². The number of hydrogen-bond donors (Lipinski definition) is 2. The van der Waals surface area contributed by atoms with E-state index in [1.807, 2.05) is 6.92 Å². The Balaban J connectivity index is 1.40. The van der Waals surface area contributed by atoms with E-state index in [9.17, 15) is 4.79 Å². The maximum absolute atomic E-state index is 12.1. The number of rotatable bonds is 7. The van der Waals surface area contributed by atoms with Crippen LogP contribution in [0.5, 0.6) is 0 Å². The summed E-state index contributed by atoms with van der Waals surface area (Å²) in [6, 6.07) is 10.5. The third-order valence-corrected chi connectivity index (χ3v) is 5.76. The molecule has 0 unspecified atom stereocenters. The Morgan fingerprint density at radius 1 is 1.23 bits per heavy atom. The molecule has 2 fully saturated rings. The largest absolute Gasteiger partial charge is 0.447 e. The van der Waals surface area contributed by atoms with Gasteiger partial charge in [0.2, 0.25) is 5.95 Å². The van der Waals surface area contributed by atoms with E-state index < -0.39 is 0 Å². The zero-order chi connectivity index (χ0) is 20.9. The first kappa shape index (κ1) is 20.6. The van der Waals surface area contributed by atoms with Gasteiger partial charge in [0, 0.05) is 38.9 Å². The summed E-state index contributed by atoms with van der Waals surface area (Å²) in [4.78, 5) is 25.1. The molecule has 2 aliphatic rings. The van der Waals surface area contributed by atoms with E-state index >= 15 is 0 Å². The zero-order valence-corrected chi connectivity index (χ0v) is 17.7. The van der Waals surface area contributed by atoms with Crippen molar-refractivity contribution in [3.63, 3.8) is 0 Å². The molecule has 160 valence electrons. The number of ether oxygens (including phenoxy) is 1. The van der Waals surface area contributed by atoms with Gasteiger partial charge in [-0.1, -0.05) is 31.2 Å². The Labute approximate surface area is 177 Å². The monoisotopic (exact) mass is 410 g/mol. The molecule has 2 aliphatic heterocycles. The van der Waals surface area contributed by atoms with E-state index in [1.54, 1.807) is 17.2 Å². The molecule has 8 nitrogen and oxygen atoms in total. The number of aromatic nitrogens is 2. The van der Waals surface area contributed by atoms with Crippen molar-refractivity contribution in [3.8, 4) is 0 Å². The predicted octanol–water partition coefficient (Wildman–Crippen LogP) is 2.79. The molecule has 2 atom stereocenters. The van der Waals surface area contributed by atoms with Crippen molar-refractivity contribution in [3.05, 3.63) is 47.7 Å². The lowest BCUT2D eigenvalue weighted by molar-refractivity contribution is 0.178. The second kappa shape index (κ2) is 9.40. The minimum atomic E-state index is -0.348. The number of amides is 1. The van der Waals surface area contributed by atoms with Gasteiger partial charge in [0.05, 0.1) is 12.1 Å². The van der Waals surface area contributed by atoms with E-state index in [4.69, 9.17) is 4.74 Å². The first-order valence-corrected chi connectivity index (χ1v) is 10.7. The van der Waals surface area contributed by atoms with E-state index in [1.165, 1.54) is 11.1 Å². The second-order valence-corrected chi connectivity index (χ2v) is 7.88. The average Bonchev–Trinajstić information content (AvgIpc) is 3.15. The highest BCUT2D eigenvalue weighted by atomic mass is 16.6. The van der Waals surface area contributed by atoms with Crippen LogP contribution < -0.4 is 15.5 Å². The Morgan fingerprint density at radius 3 is 2.73 bits per heavy atom. The van der Waals surface area contributed by atoms with Crippen LogP contribution in [0.2, 0.25) is 0 Å². The molecule has 1 aromatic heterocycles. The van der Waals surface area contributed by atoms with E-state index in [2.05, 4.69) is 56.7 Å². The van der Waals surface area contributed by atoms with Gasteiger partial charge in [-0.3, -0.25) is 9.80 Å². The SMILES string of the molecule is CC[C@H]1COC(=O)N1c1ccnc(N[C@@H](C)c2ccc(CN3CCNCC3)cc2)n1. The van der Waals surface area contributed by atoms with Crippen LogP contribution in [0, 0.1) is 0 Å². The minimum absolute atomic E-state index is 0.0147. The number of benzene rings is 1. The maximum atomic E-state index is 12.1. The molecule has 1 aromatic carbocycles. The molecule has 3 heterocycles. The number of carbonyl (C=O) groups excluding carboxylic acids is 1. The maximum Gasteiger partial charge on any atom is 0.415 e. The summed E-state index contributed by atoms with van der Waals surface area (Å²) in [5.74, 6) is 1.07. The van der Waals surface area contributed by atoms with E-state index in [0.717, 1.165) is 39.1 Å². The van der Waals surface area contributed by atoms with Crippen LogP contribution in [0.25, 0.3) is 0 Å². The highest BCUT2D eigenvalue weighted by molar-refractivity contribution is 5.89. The number of nitrogens with zero attached hydrogens (tertiary/aromatic N) is 4. The van der Waals surface area contributed by atoms with Gasteiger partial charge in [0.25, 0.3) is 0 Å². The van der Waals surface area contributed by atoms with Crippen LogP contribution in [0.3, 0.4) is 0 Å². The van der Waals surface area contributed by atoms with Gasteiger partial charge < -0.3 is 15.4 Å². The van der Waals surface area contributed by atoms with Crippen LogP contribution in [0.1, 0.15) is 37.4 Å². The Hall–Kier alpha value is -2.71. The molecule has 0 saturated carbocycles. The van der Waals surface area contributed by atoms with Crippen molar-refractivity contribution in [1.82, 2.24) is 20.2 Å². The zero-order valence-electron chi connectivity index (χ0n) is 17.7. The summed E-state index contributed by atoms with van der Waals surface area (Å²) < 4.78 is 5.18. The molecule has 4 rings (SSSR count). The van der Waals surface area contributed by atoms with Crippen molar-refractivity contribution in [2.75, 3.05) is 43.0 Å². The first-order valence-electron chi connectivity index (χ1n) is 10.7. The van der Waals surface area contributed by atoms with Crippen molar-refractivity contribution < 1.29 is 9.53 Å². The van der Waals surface area contributed by atoms with Crippen molar-refractivity contribution in [2.24, 2.45) is 0 Å². The molecule has 0 radical (unpaired) electrons. The van der Waals surface area contributed by atoms with Gasteiger partial charge >= 0.3 is 6.09 Å². The van der Waals surface area contributed by atoms with E-state index in [-0.39, 0.29) is 18.2 Å². The third-order valence-electron chi connectivity index (χ3n) is 5.76. The third kappa shape index (κ3) is 4.71. The smallest absolute Gasteiger partial charge is 0.415 e. The average molecular weight is 411 g/mol. The number of cyclic esters (lactones) is 1. The van der Waals surface area contributed by atoms with Gasteiger partial charge in [-0.25, -0.2) is 9.78 Å². The standard InChI is InChI=1S/C22H30N6O2/c1-3-19-15-30-22(29)28(19)20-8-9-24-21(26-20)25-16(2)18-6-4-17(5-7-18)14-27-12-10-23-11-13-27/h4-9,16,19,23H,3,10-15H2,1-2H3,(H,24,25,26)/t16-,19-/m0/s1.